The molecule has 3 nitrogen and oxygen atoms in total. The molecule has 0 saturated carbocycles. The molecule has 0 aromatic heterocycles. The highest BCUT2D eigenvalue weighted by Gasteiger charge is 2.19. The van der Waals surface area contributed by atoms with Crippen molar-refractivity contribution < 1.29 is 9.53 Å². The molecule has 1 aliphatic rings. The quantitative estimate of drug-likeness (QED) is 0.619. The second-order valence-electron chi connectivity index (χ2n) is 3.27. The minimum atomic E-state index is -0.179. The molecule has 1 aromatic rings. The molecule has 1 heterocycles. The highest BCUT2D eigenvalue weighted by Crippen LogP contribution is 2.23. The molecule has 4 heteroatoms. The summed E-state index contributed by atoms with van der Waals surface area (Å²) in [5.41, 5.74) is 6.52. The fourth-order valence-electron chi connectivity index (χ4n) is 1.45. The van der Waals surface area contributed by atoms with Crippen LogP contribution in [-0.4, -0.2) is 12.4 Å². The van der Waals surface area contributed by atoms with Gasteiger partial charge in [-0.2, -0.15) is 0 Å². The van der Waals surface area contributed by atoms with Crippen LogP contribution >= 0.6 is 11.6 Å². The minimum absolute atomic E-state index is 0.179. The number of halogens is 1. The first-order valence-electron chi connectivity index (χ1n) is 4.61. The van der Waals surface area contributed by atoms with Crippen LogP contribution in [0, 0.1) is 0 Å². The number of ether oxygens (including phenoxy) is 1. The van der Waals surface area contributed by atoms with Crippen LogP contribution < -0.4 is 5.73 Å². The van der Waals surface area contributed by atoms with Gasteiger partial charge in [-0.05, 0) is 24.3 Å². The van der Waals surface area contributed by atoms with Gasteiger partial charge in [-0.25, -0.2) is 0 Å². The van der Waals surface area contributed by atoms with Gasteiger partial charge in [0.2, 0.25) is 5.78 Å². The molecule has 0 unspecified atom stereocenters. The van der Waals surface area contributed by atoms with Crippen LogP contribution in [0.1, 0.15) is 16.8 Å². The maximum atomic E-state index is 11.9. The Bertz CT molecular complexity index is 440. The number of allylic oxidation sites excluding steroid dienone is 1. The number of carbonyl (C=O) groups is 1. The van der Waals surface area contributed by atoms with Crippen LogP contribution in [0.15, 0.2) is 30.0 Å². The highest BCUT2D eigenvalue weighted by molar-refractivity contribution is 6.31. The minimum Gasteiger partial charge on any atom is -0.489 e. The highest BCUT2D eigenvalue weighted by atomic mass is 35.5. The average molecular weight is 224 g/mol. The first-order valence-corrected chi connectivity index (χ1v) is 4.99. The van der Waals surface area contributed by atoms with Gasteiger partial charge in [0.25, 0.3) is 0 Å². The summed E-state index contributed by atoms with van der Waals surface area (Å²) < 4.78 is 5.18. The number of nitrogens with two attached hydrogens (primary N) is 1. The Morgan fingerprint density at radius 2 is 2.27 bits per heavy atom. The Morgan fingerprint density at radius 3 is 2.87 bits per heavy atom. The number of Topliss-reactive ketones (excluding diaryl/α,β-unsaturated/α-hetero) is 1. The number of anilines is 1. The fraction of sp³-hybridized carbons (Fsp3) is 0.182. The van der Waals surface area contributed by atoms with Gasteiger partial charge in [0.05, 0.1) is 6.61 Å². The number of carbonyl (C=O) groups excluding carboxylic acids is 1. The zero-order valence-corrected chi connectivity index (χ0v) is 8.75. The van der Waals surface area contributed by atoms with Crippen LogP contribution in [0.4, 0.5) is 5.69 Å². The standard InChI is InChI=1S/C11H10ClNO2/c12-7-3-4-8(9(13)6-7)11(14)10-2-1-5-15-10/h2-4,6H,1,5,13H2. The molecule has 0 spiro atoms. The Morgan fingerprint density at radius 1 is 1.47 bits per heavy atom. The van der Waals surface area contributed by atoms with Gasteiger partial charge in [0, 0.05) is 22.7 Å². The van der Waals surface area contributed by atoms with E-state index in [-0.39, 0.29) is 5.78 Å². The van der Waals surface area contributed by atoms with Crippen molar-refractivity contribution in [3.05, 3.63) is 40.6 Å². The van der Waals surface area contributed by atoms with Crippen molar-refractivity contribution in [3.63, 3.8) is 0 Å². The summed E-state index contributed by atoms with van der Waals surface area (Å²) in [5, 5.41) is 0.519. The van der Waals surface area contributed by atoms with E-state index in [1.165, 1.54) is 0 Å². The Kier molecular flexibility index (Phi) is 2.64. The predicted molar refractivity (Wildman–Crippen MR) is 58.8 cm³/mol. The molecule has 2 rings (SSSR count). The van der Waals surface area contributed by atoms with Gasteiger partial charge >= 0.3 is 0 Å². The van der Waals surface area contributed by atoms with Crippen molar-refractivity contribution in [1.82, 2.24) is 0 Å². The molecule has 2 N–H and O–H groups in total. The number of rotatable bonds is 2. The molecule has 78 valence electrons. The third kappa shape index (κ3) is 1.97. The van der Waals surface area contributed by atoms with E-state index >= 15 is 0 Å². The first kappa shape index (κ1) is 10.1. The Labute approximate surface area is 92.5 Å². The van der Waals surface area contributed by atoms with Crippen molar-refractivity contribution >= 4 is 23.1 Å². The van der Waals surface area contributed by atoms with Crippen molar-refractivity contribution in [2.75, 3.05) is 12.3 Å². The van der Waals surface area contributed by atoms with E-state index in [0.29, 0.717) is 28.6 Å². The number of hydrogen-bond donors (Lipinski definition) is 1. The zero-order chi connectivity index (χ0) is 10.8. The van der Waals surface area contributed by atoms with Gasteiger partial charge in [-0.15, -0.1) is 0 Å². The van der Waals surface area contributed by atoms with Crippen LogP contribution in [0.25, 0.3) is 0 Å². The van der Waals surface area contributed by atoms with Crippen LogP contribution in [-0.2, 0) is 4.74 Å². The van der Waals surface area contributed by atoms with Gasteiger partial charge in [-0.3, -0.25) is 4.79 Å². The summed E-state index contributed by atoms with van der Waals surface area (Å²) in [4.78, 5) is 11.9. The smallest absolute Gasteiger partial charge is 0.229 e. The normalized spacial score (nSPS) is 14.6. The van der Waals surface area contributed by atoms with E-state index < -0.39 is 0 Å². The molecule has 0 radical (unpaired) electrons. The van der Waals surface area contributed by atoms with Gasteiger partial charge in [-0.1, -0.05) is 11.6 Å². The summed E-state index contributed by atoms with van der Waals surface area (Å²) in [6.45, 7) is 0.564. The van der Waals surface area contributed by atoms with Crippen molar-refractivity contribution in [3.8, 4) is 0 Å². The number of hydrogen-bond acceptors (Lipinski definition) is 3. The monoisotopic (exact) mass is 223 g/mol. The van der Waals surface area contributed by atoms with E-state index in [0.717, 1.165) is 6.42 Å². The molecule has 0 saturated heterocycles. The largest absolute Gasteiger partial charge is 0.489 e. The van der Waals surface area contributed by atoms with Crippen LogP contribution in [0.3, 0.4) is 0 Å². The molecule has 1 aromatic carbocycles. The molecule has 1 aliphatic heterocycles. The first-order chi connectivity index (χ1) is 7.18. The van der Waals surface area contributed by atoms with E-state index in [9.17, 15) is 4.79 Å². The third-order valence-corrected chi connectivity index (χ3v) is 2.42. The molecule has 15 heavy (non-hydrogen) atoms. The number of nitrogen functional groups attached to an aromatic ring is 1. The van der Waals surface area contributed by atoms with Crippen molar-refractivity contribution in [2.24, 2.45) is 0 Å². The molecule has 0 aliphatic carbocycles. The predicted octanol–water partition coefficient (Wildman–Crippen LogP) is 2.41. The molecule has 0 bridgehead atoms. The SMILES string of the molecule is Nc1cc(Cl)ccc1C(=O)C1=CCCO1. The lowest BCUT2D eigenvalue weighted by Gasteiger charge is -2.06. The summed E-state index contributed by atoms with van der Waals surface area (Å²) in [6, 6.07) is 4.81. The molecule has 0 atom stereocenters. The van der Waals surface area contributed by atoms with Gasteiger partial charge in [0.1, 0.15) is 0 Å². The van der Waals surface area contributed by atoms with Crippen molar-refractivity contribution in [1.29, 1.82) is 0 Å². The summed E-state index contributed by atoms with van der Waals surface area (Å²) in [6.07, 6.45) is 2.55. The Balaban J connectivity index is 2.33. The maximum Gasteiger partial charge on any atom is 0.229 e. The van der Waals surface area contributed by atoms with E-state index in [4.69, 9.17) is 22.1 Å². The van der Waals surface area contributed by atoms with E-state index in [2.05, 4.69) is 0 Å². The van der Waals surface area contributed by atoms with E-state index in [1.54, 1.807) is 24.3 Å². The molecule has 0 fully saturated rings. The second kappa shape index (κ2) is 3.95. The number of benzene rings is 1. The lowest BCUT2D eigenvalue weighted by molar-refractivity contribution is 0.0943. The molecular formula is C11H10ClNO2. The van der Waals surface area contributed by atoms with E-state index in [1.807, 2.05) is 0 Å². The topological polar surface area (TPSA) is 52.3 Å². The van der Waals surface area contributed by atoms with Gasteiger partial charge < -0.3 is 10.5 Å². The second-order valence-corrected chi connectivity index (χ2v) is 3.70. The molecule has 0 amide bonds. The lowest BCUT2D eigenvalue weighted by atomic mass is 10.1. The third-order valence-electron chi connectivity index (χ3n) is 2.19. The Hall–Kier alpha value is -1.48. The van der Waals surface area contributed by atoms with Crippen molar-refractivity contribution in [2.45, 2.75) is 6.42 Å². The van der Waals surface area contributed by atoms with Gasteiger partial charge in [0.15, 0.2) is 5.76 Å². The molecular weight excluding hydrogens is 214 g/mol. The fourth-order valence-corrected chi connectivity index (χ4v) is 1.63. The summed E-state index contributed by atoms with van der Waals surface area (Å²) in [7, 11) is 0. The average Bonchev–Trinajstić information content (AvgIpc) is 2.69. The summed E-state index contributed by atoms with van der Waals surface area (Å²) >= 11 is 5.74. The summed E-state index contributed by atoms with van der Waals surface area (Å²) in [5.74, 6) is 0.200. The van der Waals surface area contributed by atoms with Crippen LogP contribution in [0.5, 0.6) is 0 Å². The number of ketones is 1. The zero-order valence-electron chi connectivity index (χ0n) is 8.00. The maximum absolute atomic E-state index is 11.9. The van der Waals surface area contributed by atoms with Crippen LogP contribution in [0.2, 0.25) is 5.02 Å². The lowest BCUT2D eigenvalue weighted by Crippen LogP contribution is -2.07.